The molecule has 4 nitrogen and oxygen atoms in total. The van der Waals surface area contributed by atoms with Gasteiger partial charge in [0.2, 0.25) is 0 Å². The molecule has 0 spiro atoms. The highest BCUT2D eigenvalue weighted by Crippen LogP contribution is 2.29. The van der Waals surface area contributed by atoms with Gasteiger partial charge < -0.3 is 4.98 Å². The molecule has 1 heterocycles. The second-order valence-corrected chi connectivity index (χ2v) is 9.65. The van der Waals surface area contributed by atoms with Gasteiger partial charge >= 0.3 is 0 Å². The van der Waals surface area contributed by atoms with Crippen LogP contribution in [0.25, 0.3) is 22.0 Å². The van der Waals surface area contributed by atoms with E-state index in [1.54, 1.807) is 36.4 Å². The molecule has 0 amide bonds. The zero-order valence-corrected chi connectivity index (χ0v) is 18.8. The molecule has 0 aliphatic heterocycles. The predicted molar refractivity (Wildman–Crippen MR) is 123 cm³/mol. The fourth-order valence-corrected chi connectivity index (χ4v) is 4.90. The number of hydrogen-bond acceptors (Lipinski definition) is 2. The molecule has 0 aliphatic carbocycles. The van der Waals surface area contributed by atoms with Crippen LogP contribution >= 0.6 is 11.6 Å². The first-order valence-electron chi connectivity index (χ1n) is 10.1. The van der Waals surface area contributed by atoms with Crippen LogP contribution in [0.4, 0.5) is 8.78 Å². The lowest BCUT2D eigenvalue weighted by atomic mass is 10.0. The molecule has 0 saturated carbocycles. The van der Waals surface area contributed by atoms with Crippen molar-refractivity contribution in [2.45, 2.75) is 31.3 Å². The van der Waals surface area contributed by atoms with Crippen molar-refractivity contribution in [2.75, 3.05) is 0 Å². The first kappa shape index (κ1) is 22.5. The molecular formula is C24H21ClF2N2O2S. The summed E-state index contributed by atoms with van der Waals surface area (Å²) in [4.78, 5) is 2.91. The van der Waals surface area contributed by atoms with Gasteiger partial charge in [0.25, 0.3) is 10.0 Å². The van der Waals surface area contributed by atoms with E-state index in [0.29, 0.717) is 21.7 Å². The van der Waals surface area contributed by atoms with Gasteiger partial charge in [0.15, 0.2) is 0 Å². The maximum atomic E-state index is 14.6. The third-order valence-corrected chi connectivity index (χ3v) is 6.98. The number of rotatable bonds is 7. The number of fused-ring (bicyclic) bond motifs is 1. The summed E-state index contributed by atoms with van der Waals surface area (Å²) in [7, 11) is -3.91. The second-order valence-electron chi connectivity index (χ2n) is 7.51. The van der Waals surface area contributed by atoms with Crippen molar-refractivity contribution in [2.24, 2.45) is 0 Å². The van der Waals surface area contributed by atoms with Gasteiger partial charge in [-0.3, -0.25) is 0 Å². The summed E-state index contributed by atoms with van der Waals surface area (Å²) in [6, 6.07) is 15.2. The lowest BCUT2D eigenvalue weighted by molar-refractivity contribution is 0.572. The van der Waals surface area contributed by atoms with Crippen LogP contribution in [0.1, 0.15) is 24.5 Å². The summed E-state index contributed by atoms with van der Waals surface area (Å²) < 4.78 is 55.8. The first-order chi connectivity index (χ1) is 15.3. The summed E-state index contributed by atoms with van der Waals surface area (Å²) in [5, 5.41) is 1.35. The molecule has 0 saturated heterocycles. The van der Waals surface area contributed by atoms with Crippen molar-refractivity contribution in [3.8, 4) is 11.1 Å². The number of aromatic nitrogens is 1. The minimum absolute atomic E-state index is 0.00420. The van der Waals surface area contributed by atoms with Crippen LogP contribution in [0.15, 0.2) is 65.7 Å². The van der Waals surface area contributed by atoms with E-state index in [2.05, 4.69) is 9.71 Å². The molecule has 1 aromatic heterocycles. The van der Waals surface area contributed by atoms with E-state index < -0.39 is 15.8 Å². The standard InChI is InChI=1S/C24H21ClF2N2O2S/c1-2-3-19-20-13-24(29-23(20)11-10-21(19)25)32(30,31)28-14-17-5-4-16(12-22(17)27)15-6-8-18(26)9-7-15/h4-13,28-29H,2-3,14H2,1H3. The molecule has 0 aliphatic rings. The van der Waals surface area contributed by atoms with E-state index in [-0.39, 0.29) is 23.0 Å². The van der Waals surface area contributed by atoms with Crippen LogP contribution in [-0.2, 0) is 23.0 Å². The predicted octanol–water partition coefficient (Wildman–Crippen LogP) is 6.20. The molecule has 2 N–H and O–H groups in total. The first-order valence-corrected chi connectivity index (χ1v) is 12.0. The number of hydrogen-bond donors (Lipinski definition) is 2. The zero-order chi connectivity index (χ0) is 22.9. The Hall–Kier alpha value is -2.74. The molecule has 0 bridgehead atoms. The maximum Gasteiger partial charge on any atom is 0.256 e. The van der Waals surface area contributed by atoms with Crippen LogP contribution in [0, 0.1) is 11.6 Å². The summed E-state index contributed by atoms with van der Waals surface area (Å²) in [6.45, 7) is 1.81. The number of H-pyrrole nitrogens is 1. The van der Waals surface area contributed by atoms with Crippen molar-refractivity contribution in [3.05, 3.63) is 88.4 Å². The lowest BCUT2D eigenvalue weighted by Crippen LogP contribution is -2.24. The van der Waals surface area contributed by atoms with Crippen molar-refractivity contribution < 1.29 is 17.2 Å². The smallest absolute Gasteiger partial charge is 0.256 e. The molecule has 8 heteroatoms. The Labute approximate surface area is 190 Å². The highest BCUT2D eigenvalue weighted by Gasteiger charge is 2.19. The van der Waals surface area contributed by atoms with E-state index in [9.17, 15) is 17.2 Å². The van der Waals surface area contributed by atoms with Gasteiger partial charge in [-0.25, -0.2) is 21.9 Å². The SMILES string of the molecule is CCCc1c(Cl)ccc2[nH]c(S(=O)(=O)NCc3ccc(-c4ccc(F)cc4)cc3F)cc12. The van der Waals surface area contributed by atoms with Crippen LogP contribution in [0.3, 0.4) is 0 Å². The molecule has 166 valence electrons. The van der Waals surface area contributed by atoms with Crippen molar-refractivity contribution in [1.29, 1.82) is 0 Å². The van der Waals surface area contributed by atoms with Crippen LogP contribution in [0.2, 0.25) is 5.02 Å². The molecule has 4 aromatic rings. The highest BCUT2D eigenvalue weighted by atomic mass is 35.5. The van der Waals surface area contributed by atoms with E-state index in [1.807, 2.05) is 6.92 Å². The number of sulfonamides is 1. The summed E-state index contributed by atoms with van der Waals surface area (Å²) in [6.07, 6.45) is 1.60. The topological polar surface area (TPSA) is 62.0 Å². The highest BCUT2D eigenvalue weighted by molar-refractivity contribution is 7.89. The van der Waals surface area contributed by atoms with Crippen LogP contribution in [0.5, 0.6) is 0 Å². The Morgan fingerprint density at radius 1 is 0.969 bits per heavy atom. The maximum absolute atomic E-state index is 14.6. The monoisotopic (exact) mass is 474 g/mol. The minimum atomic E-state index is -3.91. The Balaban J connectivity index is 1.55. The fourth-order valence-electron chi connectivity index (χ4n) is 3.62. The van der Waals surface area contributed by atoms with Crippen LogP contribution < -0.4 is 4.72 Å². The van der Waals surface area contributed by atoms with Crippen LogP contribution in [-0.4, -0.2) is 13.4 Å². The number of aromatic amines is 1. The molecule has 32 heavy (non-hydrogen) atoms. The molecule has 0 radical (unpaired) electrons. The molecule has 0 fully saturated rings. The van der Waals surface area contributed by atoms with Gasteiger partial charge in [0.1, 0.15) is 16.7 Å². The largest absolute Gasteiger partial charge is 0.345 e. The number of benzene rings is 3. The molecular weight excluding hydrogens is 454 g/mol. The normalized spacial score (nSPS) is 11.9. The van der Waals surface area contributed by atoms with Crippen molar-refractivity contribution >= 4 is 32.5 Å². The fraction of sp³-hybridized carbons (Fsp3) is 0.167. The zero-order valence-electron chi connectivity index (χ0n) is 17.3. The van der Waals surface area contributed by atoms with E-state index >= 15 is 0 Å². The Morgan fingerprint density at radius 3 is 2.38 bits per heavy atom. The summed E-state index contributed by atoms with van der Waals surface area (Å²) >= 11 is 6.29. The van der Waals surface area contributed by atoms with Gasteiger partial charge in [-0.2, -0.15) is 0 Å². The molecule has 4 rings (SSSR count). The van der Waals surface area contributed by atoms with Gasteiger partial charge in [0, 0.05) is 28.0 Å². The molecule has 0 unspecified atom stereocenters. The van der Waals surface area contributed by atoms with Gasteiger partial charge in [0.05, 0.1) is 0 Å². The Bertz CT molecular complexity index is 1380. The lowest BCUT2D eigenvalue weighted by Gasteiger charge is -2.08. The third-order valence-electron chi connectivity index (χ3n) is 5.31. The molecule has 3 aromatic carbocycles. The third kappa shape index (κ3) is 4.55. The average molecular weight is 475 g/mol. The Morgan fingerprint density at radius 2 is 1.69 bits per heavy atom. The van der Waals surface area contributed by atoms with Gasteiger partial charge in [-0.15, -0.1) is 0 Å². The number of nitrogens with one attached hydrogen (secondary N) is 2. The quantitative estimate of drug-likeness (QED) is 0.335. The number of halogens is 3. The number of aryl methyl sites for hydroxylation is 1. The second kappa shape index (κ2) is 9.02. The van der Waals surface area contributed by atoms with E-state index in [0.717, 1.165) is 23.8 Å². The van der Waals surface area contributed by atoms with Gasteiger partial charge in [-0.05, 0) is 59.5 Å². The molecule has 0 atom stereocenters. The summed E-state index contributed by atoms with van der Waals surface area (Å²) in [5.41, 5.74) is 3.01. The van der Waals surface area contributed by atoms with E-state index in [1.165, 1.54) is 24.3 Å². The Kier molecular flexibility index (Phi) is 6.33. The minimum Gasteiger partial charge on any atom is -0.345 e. The van der Waals surface area contributed by atoms with E-state index in [4.69, 9.17) is 11.6 Å². The van der Waals surface area contributed by atoms with Crippen molar-refractivity contribution in [1.82, 2.24) is 9.71 Å². The van der Waals surface area contributed by atoms with Gasteiger partial charge in [-0.1, -0.05) is 49.2 Å². The summed E-state index contributed by atoms with van der Waals surface area (Å²) in [5.74, 6) is -0.926. The average Bonchev–Trinajstić information content (AvgIpc) is 3.21. The van der Waals surface area contributed by atoms with Crippen molar-refractivity contribution in [3.63, 3.8) is 0 Å².